The summed E-state index contributed by atoms with van der Waals surface area (Å²) in [7, 11) is 3.13. The van der Waals surface area contributed by atoms with Gasteiger partial charge in [-0.15, -0.1) is 0 Å². The largest absolute Gasteiger partial charge is 0.493 e. The van der Waals surface area contributed by atoms with Crippen LogP contribution in [0, 0.1) is 0 Å². The number of carbonyl (C=O) groups is 2. The van der Waals surface area contributed by atoms with Crippen molar-refractivity contribution in [2.24, 2.45) is 0 Å². The molecule has 0 saturated heterocycles. The van der Waals surface area contributed by atoms with Gasteiger partial charge in [0.15, 0.2) is 11.5 Å². The SMILES string of the molecule is COc1ccc(NC(=O)[C@@H]2c3ccccc3C(=O)N3CCc4ccccc4[C@H]23)cc1OC. The summed E-state index contributed by atoms with van der Waals surface area (Å²) in [5, 5.41) is 3.04. The highest BCUT2D eigenvalue weighted by atomic mass is 16.5. The zero-order valence-corrected chi connectivity index (χ0v) is 18.0. The number of methoxy groups -OCH3 is 2. The van der Waals surface area contributed by atoms with Crippen molar-refractivity contribution in [1.82, 2.24) is 4.90 Å². The second-order valence-electron chi connectivity index (χ2n) is 8.02. The Morgan fingerprint density at radius 2 is 1.66 bits per heavy atom. The first kappa shape index (κ1) is 20.1. The quantitative estimate of drug-likeness (QED) is 0.677. The second-order valence-corrected chi connectivity index (χ2v) is 8.02. The lowest BCUT2D eigenvalue weighted by Gasteiger charge is -2.45. The maximum absolute atomic E-state index is 13.7. The Bertz CT molecular complexity index is 1210. The molecule has 0 unspecified atom stereocenters. The zero-order valence-electron chi connectivity index (χ0n) is 18.0. The van der Waals surface area contributed by atoms with E-state index in [0.29, 0.717) is 29.3 Å². The van der Waals surface area contributed by atoms with Crippen molar-refractivity contribution in [3.8, 4) is 11.5 Å². The van der Waals surface area contributed by atoms with Gasteiger partial charge in [-0.3, -0.25) is 9.59 Å². The van der Waals surface area contributed by atoms with Crippen molar-refractivity contribution in [3.63, 3.8) is 0 Å². The van der Waals surface area contributed by atoms with E-state index < -0.39 is 5.92 Å². The molecular formula is C26H24N2O4. The number of fused-ring (bicyclic) bond motifs is 4. The molecule has 0 aromatic heterocycles. The van der Waals surface area contributed by atoms with Gasteiger partial charge in [-0.2, -0.15) is 0 Å². The fourth-order valence-electron chi connectivity index (χ4n) is 4.89. The van der Waals surface area contributed by atoms with E-state index in [2.05, 4.69) is 11.4 Å². The summed E-state index contributed by atoms with van der Waals surface area (Å²) in [6.45, 7) is 0.592. The van der Waals surface area contributed by atoms with E-state index in [9.17, 15) is 9.59 Å². The lowest BCUT2D eigenvalue weighted by atomic mass is 9.76. The number of hydrogen-bond donors (Lipinski definition) is 1. The lowest BCUT2D eigenvalue weighted by Crippen LogP contribution is -2.49. The van der Waals surface area contributed by atoms with Gasteiger partial charge in [0.1, 0.15) is 0 Å². The van der Waals surface area contributed by atoms with Crippen molar-refractivity contribution >= 4 is 17.5 Å². The molecule has 6 nitrogen and oxygen atoms in total. The molecule has 32 heavy (non-hydrogen) atoms. The van der Waals surface area contributed by atoms with E-state index in [-0.39, 0.29) is 17.9 Å². The molecule has 0 fully saturated rings. The molecule has 1 N–H and O–H groups in total. The van der Waals surface area contributed by atoms with E-state index in [4.69, 9.17) is 9.47 Å². The van der Waals surface area contributed by atoms with Crippen LogP contribution in [-0.4, -0.2) is 37.5 Å². The fraction of sp³-hybridized carbons (Fsp3) is 0.231. The van der Waals surface area contributed by atoms with Crippen molar-refractivity contribution in [3.05, 3.63) is 89.0 Å². The fourth-order valence-corrected chi connectivity index (χ4v) is 4.89. The maximum Gasteiger partial charge on any atom is 0.254 e. The molecule has 2 heterocycles. The molecular weight excluding hydrogens is 404 g/mol. The number of rotatable bonds is 4. The molecule has 0 spiro atoms. The van der Waals surface area contributed by atoms with Crippen LogP contribution in [0.5, 0.6) is 11.5 Å². The number of nitrogens with one attached hydrogen (secondary N) is 1. The van der Waals surface area contributed by atoms with Crippen LogP contribution in [0.1, 0.15) is 39.0 Å². The number of hydrogen-bond acceptors (Lipinski definition) is 4. The van der Waals surface area contributed by atoms with Crippen LogP contribution in [0.4, 0.5) is 5.69 Å². The van der Waals surface area contributed by atoms with Crippen LogP contribution in [0.2, 0.25) is 0 Å². The number of amides is 2. The third-order valence-electron chi connectivity index (χ3n) is 6.37. The summed E-state index contributed by atoms with van der Waals surface area (Å²) in [4.78, 5) is 28.9. The molecule has 0 aliphatic carbocycles. The number of anilines is 1. The highest BCUT2D eigenvalue weighted by Crippen LogP contribution is 2.46. The number of ether oxygens (including phenoxy) is 2. The molecule has 3 aromatic carbocycles. The molecule has 2 aliphatic heterocycles. The van der Waals surface area contributed by atoms with Crippen LogP contribution in [0.25, 0.3) is 0 Å². The third-order valence-corrected chi connectivity index (χ3v) is 6.37. The Labute approximate surface area is 186 Å². The van der Waals surface area contributed by atoms with Gasteiger partial charge in [0.05, 0.1) is 26.2 Å². The average Bonchev–Trinajstić information content (AvgIpc) is 2.84. The molecule has 6 heteroatoms. The Morgan fingerprint density at radius 3 is 2.44 bits per heavy atom. The van der Waals surface area contributed by atoms with Crippen LogP contribution >= 0.6 is 0 Å². The molecule has 2 amide bonds. The zero-order chi connectivity index (χ0) is 22.2. The van der Waals surface area contributed by atoms with Crippen LogP contribution in [0.3, 0.4) is 0 Å². The average molecular weight is 428 g/mol. The smallest absolute Gasteiger partial charge is 0.254 e. The lowest BCUT2D eigenvalue weighted by molar-refractivity contribution is -0.119. The van der Waals surface area contributed by atoms with Gasteiger partial charge >= 0.3 is 0 Å². The summed E-state index contributed by atoms with van der Waals surface area (Å²) in [5.41, 5.74) is 4.18. The molecule has 0 radical (unpaired) electrons. The van der Waals surface area contributed by atoms with Crippen molar-refractivity contribution in [2.75, 3.05) is 26.1 Å². The Morgan fingerprint density at radius 1 is 0.938 bits per heavy atom. The summed E-state index contributed by atoms with van der Waals surface area (Å²) < 4.78 is 10.7. The predicted molar refractivity (Wildman–Crippen MR) is 121 cm³/mol. The molecule has 5 rings (SSSR count). The van der Waals surface area contributed by atoms with E-state index in [1.807, 2.05) is 47.4 Å². The molecule has 0 saturated carbocycles. The van der Waals surface area contributed by atoms with Crippen molar-refractivity contribution in [2.45, 2.75) is 18.4 Å². The van der Waals surface area contributed by atoms with E-state index in [0.717, 1.165) is 17.5 Å². The summed E-state index contributed by atoms with van der Waals surface area (Å²) >= 11 is 0. The summed E-state index contributed by atoms with van der Waals surface area (Å²) in [6, 6.07) is 20.5. The van der Waals surface area contributed by atoms with Gasteiger partial charge < -0.3 is 19.7 Å². The first-order valence-corrected chi connectivity index (χ1v) is 10.6. The minimum atomic E-state index is -0.529. The second kappa shape index (κ2) is 8.04. The number of carbonyl (C=O) groups excluding carboxylic acids is 2. The molecule has 2 atom stereocenters. The highest BCUT2D eigenvalue weighted by Gasteiger charge is 2.46. The predicted octanol–water partition coefficient (Wildman–Crippen LogP) is 4.18. The summed E-state index contributed by atoms with van der Waals surface area (Å²) in [5.74, 6) is 0.415. The van der Waals surface area contributed by atoms with E-state index in [1.54, 1.807) is 32.4 Å². The Kier molecular flexibility index (Phi) is 5.05. The van der Waals surface area contributed by atoms with E-state index in [1.165, 1.54) is 5.56 Å². The number of benzene rings is 3. The van der Waals surface area contributed by atoms with Crippen LogP contribution in [-0.2, 0) is 11.2 Å². The van der Waals surface area contributed by atoms with Crippen molar-refractivity contribution < 1.29 is 19.1 Å². The van der Waals surface area contributed by atoms with Crippen molar-refractivity contribution in [1.29, 1.82) is 0 Å². The van der Waals surface area contributed by atoms with Gasteiger partial charge in [-0.05, 0) is 41.3 Å². The van der Waals surface area contributed by atoms with Gasteiger partial charge in [-0.1, -0.05) is 42.5 Å². The van der Waals surface area contributed by atoms with Gasteiger partial charge in [0, 0.05) is 23.9 Å². The van der Waals surface area contributed by atoms with Crippen LogP contribution < -0.4 is 14.8 Å². The third kappa shape index (κ3) is 3.19. The normalized spacial score (nSPS) is 18.8. The van der Waals surface area contributed by atoms with Crippen LogP contribution in [0.15, 0.2) is 66.7 Å². The molecule has 0 bridgehead atoms. The van der Waals surface area contributed by atoms with Gasteiger partial charge in [-0.25, -0.2) is 0 Å². The molecule has 2 aliphatic rings. The monoisotopic (exact) mass is 428 g/mol. The summed E-state index contributed by atoms with van der Waals surface area (Å²) in [6.07, 6.45) is 0.782. The van der Waals surface area contributed by atoms with Gasteiger partial charge in [0.2, 0.25) is 5.91 Å². The topological polar surface area (TPSA) is 67.9 Å². The minimum absolute atomic E-state index is 0.0183. The molecule has 162 valence electrons. The minimum Gasteiger partial charge on any atom is -0.493 e. The standard InChI is InChI=1S/C26H24N2O4/c1-31-21-12-11-17(15-22(21)32-2)27-25(29)23-19-9-5-6-10-20(19)26(30)28-14-13-16-7-3-4-8-18(16)24(23)28/h3-12,15,23-24H,13-14H2,1-2H3,(H,27,29)/t23-,24-/m1/s1. The van der Waals surface area contributed by atoms with E-state index >= 15 is 0 Å². The molecule has 3 aromatic rings. The highest BCUT2D eigenvalue weighted by molar-refractivity contribution is 6.04. The van der Waals surface area contributed by atoms with Gasteiger partial charge in [0.25, 0.3) is 5.91 Å². The number of nitrogens with zero attached hydrogens (tertiary/aromatic N) is 1. The first-order valence-electron chi connectivity index (χ1n) is 10.6. The Hall–Kier alpha value is -3.80. The Balaban J connectivity index is 1.58. The maximum atomic E-state index is 13.7. The first-order chi connectivity index (χ1) is 15.6.